The number of carbonyl (C=O) groups is 2. The molecule has 2 amide bonds. The molecule has 112 valence electrons. The van der Waals surface area contributed by atoms with Crippen LogP contribution >= 0.6 is 0 Å². The average molecular weight is 276 g/mol. The largest absolute Gasteiger partial charge is 0.444 e. The summed E-state index contributed by atoms with van der Waals surface area (Å²) in [4.78, 5) is 22.6. The molecule has 0 heterocycles. The molecule has 0 radical (unpaired) electrons. The monoisotopic (exact) mass is 276 g/mol. The van der Waals surface area contributed by atoms with E-state index in [1.165, 1.54) is 13.8 Å². The summed E-state index contributed by atoms with van der Waals surface area (Å²) >= 11 is 0. The quantitative estimate of drug-likeness (QED) is 0.554. The second-order valence-electron chi connectivity index (χ2n) is 5.65. The van der Waals surface area contributed by atoms with Crippen molar-refractivity contribution in [1.29, 1.82) is 0 Å². The van der Waals surface area contributed by atoms with Gasteiger partial charge in [0.2, 0.25) is 5.91 Å². The molecule has 0 aromatic carbocycles. The highest BCUT2D eigenvalue weighted by atomic mass is 16.6. The second-order valence-corrected chi connectivity index (χ2v) is 5.65. The molecule has 0 saturated heterocycles. The number of rotatable bonds is 5. The summed E-state index contributed by atoms with van der Waals surface area (Å²) in [6.45, 7) is 7.38. The Bertz CT molecular complexity index is 327. The van der Waals surface area contributed by atoms with Crippen molar-refractivity contribution in [2.75, 3.05) is 13.2 Å². The maximum Gasteiger partial charge on any atom is 0.408 e. The zero-order valence-corrected chi connectivity index (χ0v) is 12.1. The van der Waals surface area contributed by atoms with Gasteiger partial charge in [-0.25, -0.2) is 4.79 Å². The zero-order valence-electron chi connectivity index (χ0n) is 12.1. The van der Waals surface area contributed by atoms with Crippen LogP contribution in [0.4, 0.5) is 4.79 Å². The Labute approximate surface area is 113 Å². The molecule has 4 N–H and O–H groups in total. The molecule has 2 atom stereocenters. The van der Waals surface area contributed by atoms with E-state index >= 15 is 0 Å². The van der Waals surface area contributed by atoms with E-state index in [4.69, 9.17) is 9.84 Å². The van der Waals surface area contributed by atoms with Crippen LogP contribution < -0.4 is 10.6 Å². The molecule has 0 aliphatic rings. The van der Waals surface area contributed by atoms with Crippen LogP contribution in [0, 0.1) is 0 Å². The van der Waals surface area contributed by atoms with Crippen LogP contribution in [0.2, 0.25) is 0 Å². The molecule has 7 heteroatoms. The van der Waals surface area contributed by atoms with E-state index in [1.807, 2.05) is 0 Å². The Morgan fingerprint density at radius 2 is 1.79 bits per heavy atom. The summed E-state index contributed by atoms with van der Waals surface area (Å²) in [6, 6.07) is 0. The topological polar surface area (TPSA) is 108 Å². The number of hydrogen-bond donors (Lipinski definition) is 4. The molecule has 0 aliphatic carbocycles. The summed E-state index contributed by atoms with van der Waals surface area (Å²) in [5.41, 5.74) is -1.90. The predicted octanol–water partition coefficient (Wildman–Crippen LogP) is -0.241. The fourth-order valence-corrected chi connectivity index (χ4v) is 1.29. The van der Waals surface area contributed by atoms with Crippen molar-refractivity contribution in [3.05, 3.63) is 0 Å². The van der Waals surface area contributed by atoms with Crippen molar-refractivity contribution in [1.82, 2.24) is 10.6 Å². The standard InChI is InChI=1S/C12H24N2O5/c1-8(16)13-7-12(5,9(17)6-15)14-10(18)19-11(2,3)4/h9,15,17H,6-7H2,1-5H3,(H,13,16)(H,14,18)/t9-,12-/m1/s1. The van der Waals surface area contributed by atoms with Gasteiger partial charge in [-0.15, -0.1) is 0 Å². The predicted molar refractivity (Wildman–Crippen MR) is 69.6 cm³/mol. The Morgan fingerprint density at radius 1 is 1.26 bits per heavy atom. The van der Waals surface area contributed by atoms with Gasteiger partial charge in [0.1, 0.15) is 11.7 Å². The van der Waals surface area contributed by atoms with Crippen molar-refractivity contribution in [2.24, 2.45) is 0 Å². The molecular weight excluding hydrogens is 252 g/mol. The fourth-order valence-electron chi connectivity index (χ4n) is 1.29. The van der Waals surface area contributed by atoms with Crippen LogP contribution in [0.25, 0.3) is 0 Å². The third-order valence-corrected chi connectivity index (χ3v) is 2.40. The fraction of sp³-hybridized carbons (Fsp3) is 0.833. The van der Waals surface area contributed by atoms with Crippen molar-refractivity contribution in [3.63, 3.8) is 0 Å². The lowest BCUT2D eigenvalue weighted by molar-refractivity contribution is -0.119. The molecule has 0 bridgehead atoms. The lowest BCUT2D eigenvalue weighted by Crippen LogP contribution is -2.62. The summed E-state index contributed by atoms with van der Waals surface area (Å²) in [6.07, 6.45) is -1.96. The first-order chi connectivity index (χ1) is 8.50. The Hall–Kier alpha value is -1.34. The van der Waals surface area contributed by atoms with Crippen molar-refractivity contribution in [3.8, 4) is 0 Å². The first-order valence-electron chi connectivity index (χ1n) is 6.04. The van der Waals surface area contributed by atoms with Crippen molar-refractivity contribution >= 4 is 12.0 Å². The highest BCUT2D eigenvalue weighted by molar-refractivity contribution is 5.73. The van der Waals surface area contributed by atoms with Crippen LogP contribution in [0.1, 0.15) is 34.6 Å². The maximum absolute atomic E-state index is 11.7. The lowest BCUT2D eigenvalue weighted by atomic mass is 9.95. The number of hydrogen-bond acceptors (Lipinski definition) is 5. The minimum atomic E-state index is -1.23. The third kappa shape index (κ3) is 6.97. The van der Waals surface area contributed by atoms with E-state index in [9.17, 15) is 14.7 Å². The number of nitrogens with one attached hydrogen (secondary N) is 2. The zero-order chi connectivity index (χ0) is 15.3. The number of aliphatic hydroxyl groups is 2. The molecular formula is C12H24N2O5. The highest BCUT2D eigenvalue weighted by Crippen LogP contribution is 2.12. The van der Waals surface area contributed by atoms with Gasteiger partial charge in [0.15, 0.2) is 0 Å². The average Bonchev–Trinajstić information content (AvgIpc) is 2.22. The molecule has 0 aliphatic heterocycles. The van der Waals surface area contributed by atoms with Gasteiger partial charge in [0, 0.05) is 13.5 Å². The summed E-state index contributed by atoms with van der Waals surface area (Å²) in [5.74, 6) is -0.303. The minimum absolute atomic E-state index is 0.0245. The first-order valence-corrected chi connectivity index (χ1v) is 6.04. The number of alkyl carbamates (subject to hydrolysis) is 1. The van der Waals surface area contributed by atoms with Crippen molar-refractivity contribution in [2.45, 2.75) is 51.9 Å². The molecule has 0 aromatic heterocycles. The minimum Gasteiger partial charge on any atom is -0.444 e. The molecule has 0 rings (SSSR count). The smallest absolute Gasteiger partial charge is 0.408 e. The van der Waals surface area contributed by atoms with Crippen LogP contribution in [0.5, 0.6) is 0 Å². The Kier molecular flexibility index (Phi) is 6.24. The van der Waals surface area contributed by atoms with Crippen LogP contribution in [0.15, 0.2) is 0 Å². The van der Waals surface area contributed by atoms with E-state index in [2.05, 4.69) is 10.6 Å². The number of ether oxygens (including phenoxy) is 1. The molecule has 0 saturated carbocycles. The summed E-state index contributed by atoms with van der Waals surface area (Å²) in [7, 11) is 0. The highest BCUT2D eigenvalue weighted by Gasteiger charge is 2.36. The van der Waals surface area contributed by atoms with Crippen LogP contribution in [-0.2, 0) is 9.53 Å². The molecule has 0 unspecified atom stereocenters. The molecule has 7 nitrogen and oxygen atoms in total. The molecule has 0 fully saturated rings. The van der Waals surface area contributed by atoms with Crippen LogP contribution in [-0.4, -0.2) is 52.6 Å². The molecule has 0 spiro atoms. The van der Waals surface area contributed by atoms with Gasteiger partial charge < -0.3 is 25.6 Å². The van der Waals surface area contributed by atoms with Gasteiger partial charge in [-0.2, -0.15) is 0 Å². The van der Waals surface area contributed by atoms with Gasteiger partial charge >= 0.3 is 6.09 Å². The van der Waals surface area contributed by atoms with E-state index in [1.54, 1.807) is 20.8 Å². The van der Waals surface area contributed by atoms with E-state index in [-0.39, 0.29) is 12.5 Å². The Balaban J connectivity index is 4.76. The van der Waals surface area contributed by atoms with Gasteiger partial charge in [-0.05, 0) is 27.7 Å². The van der Waals surface area contributed by atoms with E-state index in [0.29, 0.717) is 0 Å². The molecule has 19 heavy (non-hydrogen) atoms. The maximum atomic E-state index is 11.7. The lowest BCUT2D eigenvalue weighted by Gasteiger charge is -2.35. The molecule has 0 aromatic rings. The van der Waals surface area contributed by atoms with Gasteiger partial charge in [0.05, 0.1) is 12.1 Å². The Morgan fingerprint density at radius 3 is 2.16 bits per heavy atom. The summed E-state index contributed by atoms with van der Waals surface area (Å²) in [5, 5.41) is 23.8. The third-order valence-electron chi connectivity index (χ3n) is 2.40. The summed E-state index contributed by atoms with van der Waals surface area (Å²) < 4.78 is 5.08. The SMILES string of the molecule is CC(=O)NC[C@@](C)(NC(=O)OC(C)(C)C)[C@H](O)CO. The van der Waals surface area contributed by atoms with E-state index in [0.717, 1.165) is 0 Å². The number of carbonyl (C=O) groups excluding carboxylic acids is 2. The van der Waals surface area contributed by atoms with Crippen molar-refractivity contribution < 1.29 is 24.5 Å². The van der Waals surface area contributed by atoms with Gasteiger partial charge in [0.25, 0.3) is 0 Å². The van der Waals surface area contributed by atoms with Crippen LogP contribution in [0.3, 0.4) is 0 Å². The number of amides is 2. The number of aliphatic hydroxyl groups excluding tert-OH is 2. The first kappa shape index (κ1) is 17.7. The normalized spacial score (nSPS) is 16.2. The van der Waals surface area contributed by atoms with Gasteiger partial charge in [-0.1, -0.05) is 0 Å². The van der Waals surface area contributed by atoms with E-state index < -0.39 is 29.9 Å². The van der Waals surface area contributed by atoms with Gasteiger partial charge in [-0.3, -0.25) is 4.79 Å². The second kappa shape index (κ2) is 6.72.